The van der Waals surface area contributed by atoms with Gasteiger partial charge < -0.3 is 5.32 Å². The van der Waals surface area contributed by atoms with Gasteiger partial charge in [-0.05, 0) is 26.7 Å². The molecule has 0 saturated carbocycles. The normalized spacial score (nSPS) is 23.4. The van der Waals surface area contributed by atoms with Gasteiger partial charge in [-0.25, -0.2) is 0 Å². The van der Waals surface area contributed by atoms with E-state index in [4.69, 9.17) is 4.99 Å². The van der Waals surface area contributed by atoms with Gasteiger partial charge in [-0.1, -0.05) is 44.9 Å². The topological polar surface area (TPSA) is 24.4 Å². The maximum Gasteiger partial charge on any atom is 0.157 e. The zero-order valence-electron chi connectivity index (χ0n) is 11.2. The second-order valence-electron chi connectivity index (χ2n) is 5.32. The molecule has 1 unspecified atom stereocenters. The van der Waals surface area contributed by atoms with E-state index >= 15 is 0 Å². The lowest BCUT2D eigenvalue weighted by molar-refractivity contribution is 0.518. The summed E-state index contributed by atoms with van der Waals surface area (Å²) < 4.78 is 0. The first-order valence-electron chi connectivity index (χ1n) is 6.56. The summed E-state index contributed by atoms with van der Waals surface area (Å²) in [4.78, 5) is 4.87. The number of amidine groups is 1. The number of hydrogen-bond acceptors (Lipinski definition) is 2. The van der Waals surface area contributed by atoms with E-state index in [1.807, 2.05) is 11.8 Å². The first kappa shape index (κ1) is 13.9. The van der Waals surface area contributed by atoms with Crippen molar-refractivity contribution in [2.45, 2.75) is 71.4 Å². The van der Waals surface area contributed by atoms with Crippen molar-refractivity contribution >= 4 is 16.9 Å². The van der Waals surface area contributed by atoms with Crippen molar-refractivity contribution in [2.75, 3.05) is 5.75 Å². The summed E-state index contributed by atoms with van der Waals surface area (Å²) >= 11 is 1.88. The van der Waals surface area contributed by atoms with Crippen LogP contribution in [0.4, 0.5) is 0 Å². The zero-order chi connectivity index (χ0) is 12.0. The Balaban J connectivity index is 2.49. The molecule has 1 heterocycles. The Kier molecular flexibility index (Phi) is 5.67. The van der Waals surface area contributed by atoms with Crippen LogP contribution in [0.1, 0.15) is 59.8 Å². The van der Waals surface area contributed by atoms with E-state index < -0.39 is 0 Å². The van der Waals surface area contributed by atoms with Crippen LogP contribution in [0, 0.1) is 0 Å². The highest BCUT2D eigenvalue weighted by molar-refractivity contribution is 8.14. The minimum atomic E-state index is 0.227. The van der Waals surface area contributed by atoms with Gasteiger partial charge in [0.15, 0.2) is 5.17 Å². The summed E-state index contributed by atoms with van der Waals surface area (Å²) in [7, 11) is 0. The third kappa shape index (κ3) is 4.77. The van der Waals surface area contributed by atoms with Crippen LogP contribution in [-0.2, 0) is 0 Å². The SMILES string of the molecule is CCCCC(CCC)N=C1NC(C)(C)CS1. The highest BCUT2D eigenvalue weighted by atomic mass is 32.2. The predicted molar refractivity (Wildman–Crippen MR) is 75.3 cm³/mol. The summed E-state index contributed by atoms with van der Waals surface area (Å²) in [5.41, 5.74) is 0.227. The molecule has 16 heavy (non-hydrogen) atoms. The number of nitrogens with one attached hydrogen (secondary N) is 1. The maximum absolute atomic E-state index is 4.87. The highest BCUT2D eigenvalue weighted by Crippen LogP contribution is 2.23. The van der Waals surface area contributed by atoms with Crippen LogP contribution in [0.2, 0.25) is 0 Å². The van der Waals surface area contributed by atoms with Crippen molar-refractivity contribution in [1.29, 1.82) is 0 Å². The fourth-order valence-electron chi connectivity index (χ4n) is 1.89. The number of nitrogens with zero attached hydrogens (tertiary/aromatic N) is 1. The number of aliphatic imine (C=N–C) groups is 1. The molecule has 0 radical (unpaired) electrons. The molecule has 0 spiro atoms. The summed E-state index contributed by atoms with van der Waals surface area (Å²) in [5.74, 6) is 1.14. The van der Waals surface area contributed by atoms with E-state index in [1.165, 1.54) is 37.3 Å². The van der Waals surface area contributed by atoms with Crippen molar-refractivity contribution in [3.63, 3.8) is 0 Å². The highest BCUT2D eigenvalue weighted by Gasteiger charge is 2.27. The Bertz CT molecular complexity index is 236. The molecule has 1 saturated heterocycles. The second kappa shape index (κ2) is 6.53. The molecule has 1 atom stereocenters. The molecule has 1 aliphatic heterocycles. The Morgan fingerprint density at radius 1 is 1.31 bits per heavy atom. The molecule has 0 aromatic heterocycles. The van der Waals surface area contributed by atoms with Crippen LogP contribution in [0.5, 0.6) is 0 Å². The van der Waals surface area contributed by atoms with Gasteiger partial charge in [0.2, 0.25) is 0 Å². The van der Waals surface area contributed by atoms with Gasteiger partial charge in [0, 0.05) is 11.3 Å². The first-order chi connectivity index (χ1) is 7.57. The van der Waals surface area contributed by atoms with Crippen LogP contribution >= 0.6 is 11.8 Å². The van der Waals surface area contributed by atoms with E-state index in [0.29, 0.717) is 6.04 Å². The molecule has 0 aromatic carbocycles. The first-order valence-corrected chi connectivity index (χ1v) is 7.54. The van der Waals surface area contributed by atoms with Crippen molar-refractivity contribution in [1.82, 2.24) is 5.32 Å². The lowest BCUT2D eigenvalue weighted by Crippen LogP contribution is -2.37. The van der Waals surface area contributed by atoms with Gasteiger partial charge in [0.25, 0.3) is 0 Å². The molecule has 0 bridgehead atoms. The summed E-state index contributed by atoms with van der Waals surface area (Å²) in [5, 5.41) is 4.67. The summed E-state index contributed by atoms with van der Waals surface area (Å²) in [6.07, 6.45) is 6.29. The van der Waals surface area contributed by atoms with Crippen LogP contribution in [0.25, 0.3) is 0 Å². The Morgan fingerprint density at radius 3 is 2.56 bits per heavy atom. The Labute approximate surface area is 105 Å². The smallest absolute Gasteiger partial charge is 0.157 e. The lowest BCUT2D eigenvalue weighted by atomic mass is 10.1. The number of hydrogen-bond donors (Lipinski definition) is 1. The van der Waals surface area contributed by atoms with E-state index in [2.05, 4.69) is 33.0 Å². The lowest BCUT2D eigenvalue weighted by Gasteiger charge is -2.17. The minimum Gasteiger partial charge on any atom is -0.359 e. The zero-order valence-corrected chi connectivity index (χ0v) is 12.0. The van der Waals surface area contributed by atoms with Crippen LogP contribution in [-0.4, -0.2) is 22.5 Å². The van der Waals surface area contributed by atoms with E-state index in [9.17, 15) is 0 Å². The number of unbranched alkanes of at least 4 members (excludes halogenated alkanes) is 1. The molecular formula is C13H26N2S. The minimum absolute atomic E-state index is 0.227. The van der Waals surface area contributed by atoms with E-state index in [1.54, 1.807) is 0 Å². The number of thioether (sulfide) groups is 1. The van der Waals surface area contributed by atoms with E-state index in [-0.39, 0.29) is 5.54 Å². The van der Waals surface area contributed by atoms with Crippen molar-refractivity contribution in [2.24, 2.45) is 4.99 Å². The molecule has 1 aliphatic rings. The monoisotopic (exact) mass is 242 g/mol. The van der Waals surface area contributed by atoms with Crippen LogP contribution in [0.15, 0.2) is 4.99 Å². The number of rotatable bonds is 6. The largest absolute Gasteiger partial charge is 0.359 e. The third-order valence-corrected chi connectivity index (χ3v) is 4.17. The molecule has 0 aliphatic carbocycles. The molecule has 3 heteroatoms. The standard InChI is InChI=1S/C13H26N2S/c1-5-7-9-11(8-6-2)14-12-15-13(3,4)10-16-12/h11H,5-10H2,1-4H3,(H,14,15). The van der Waals surface area contributed by atoms with Gasteiger partial charge in [0.1, 0.15) is 0 Å². The van der Waals surface area contributed by atoms with Gasteiger partial charge >= 0.3 is 0 Å². The van der Waals surface area contributed by atoms with Gasteiger partial charge in [-0.3, -0.25) is 4.99 Å². The Morgan fingerprint density at radius 2 is 2.06 bits per heavy atom. The molecule has 1 fully saturated rings. The third-order valence-electron chi connectivity index (χ3n) is 2.83. The quantitative estimate of drug-likeness (QED) is 0.766. The maximum atomic E-state index is 4.87. The van der Waals surface area contributed by atoms with Crippen molar-refractivity contribution in [3.8, 4) is 0 Å². The van der Waals surface area contributed by atoms with Crippen molar-refractivity contribution < 1.29 is 0 Å². The molecule has 1 N–H and O–H groups in total. The molecule has 94 valence electrons. The Hall–Kier alpha value is -0.180. The van der Waals surface area contributed by atoms with Crippen LogP contribution < -0.4 is 5.32 Å². The average molecular weight is 242 g/mol. The van der Waals surface area contributed by atoms with E-state index in [0.717, 1.165) is 5.75 Å². The molecular weight excluding hydrogens is 216 g/mol. The van der Waals surface area contributed by atoms with Gasteiger partial charge in [-0.2, -0.15) is 0 Å². The molecule has 0 amide bonds. The molecule has 2 nitrogen and oxygen atoms in total. The van der Waals surface area contributed by atoms with Gasteiger partial charge in [-0.15, -0.1) is 0 Å². The summed E-state index contributed by atoms with van der Waals surface area (Å²) in [6.45, 7) is 8.98. The molecule has 0 aromatic rings. The average Bonchev–Trinajstić information content (AvgIpc) is 2.55. The predicted octanol–water partition coefficient (Wildman–Crippen LogP) is 3.82. The summed E-state index contributed by atoms with van der Waals surface area (Å²) in [6, 6.07) is 0.536. The van der Waals surface area contributed by atoms with Gasteiger partial charge in [0.05, 0.1) is 6.04 Å². The van der Waals surface area contributed by atoms with Crippen molar-refractivity contribution in [3.05, 3.63) is 0 Å². The fraction of sp³-hybridized carbons (Fsp3) is 0.923. The second-order valence-corrected chi connectivity index (χ2v) is 6.28. The van der Waals surface area contributed by atoms with Crippen LogP contribution in [0.3, 0.4) is 0 Å². The fourth-order valence-corrected chi connectivity index (χ4v) is 3.03. The molecule has 1 rings (SSSR count).